The van der Waals surface area contributed by atoms with Crippen molar-refractivity contribution in [1.29, 1.82) is 0 Å². The molecule has 3 aromatic rings. The summed E-state index contributed by atoms with van der Waals surface area (Å²) in [4.78, 5) is 14.1. The molecule has 0 bridgehead atoms. The first-order valence-corrected chi connectivity index (χ1v) is 8.95. The lowest BCUT2D eigenvalue weighted by molar-refractivity contribution is -0.128. The van der Waals surface area contributed by atoms with Crippen molar-refractivity contribution < 1.29 is 13.6 Å². The molecule has 3 rings (SSSR count). The molecule has 2 aromatic heterocycles. The number of hydrogen-bond donors (Lipinski definition) is 0. The molecule has 7 nitrogen and oxygen atoms in total. The minimum atomic E-state index is -0.297. The Morgan fingerprint density at radius 1 is 1.35 bits per heavy atom. The SMILES string of the molecule is CC(c1ccc(F)cc1)N(C)C(=O)CSc1nnnn1Cc1ccco1. The Morgan fingerprint density at radius 2 is 2.12 bits per heavy atom. The summed E-state index contributed by atoms with van der Waals surface area (Å²) in [6.07, 6.45) is 1.59. The van der Waals surface area contributed by atoms with Gasteiger partial charge >= 0.3 is 0 Å². The number of thioether (sulfide) groups is 1. The maximum Gasteiger partial charge on any atom is 0.233 e. The first-order chi connectivity index (χ1) is 12.5. The Morgan fingerprint density at radius 3 is 2.81 bits per heavy atom. The van der Waals surface area contributed by atoms with Crippen LogP contribution in [0.15, 0.2) is 52.2 Å². The molecule has 0 fully saturated rings. The van der Waals surface area contributed by atoms with Crippen molar-refractivity contribution in [3.8, 4) is 0 Å². The maximum atomic E-state index is 13.0. The number of tetrazole rings is 1. The van der Waals surface area contributed by atoms with E-state index in [9.17, 15) is 9.18 Å². The highest BCUT2D eigenvalue weighted by Gasteiger charge is 2.19. The zero-order valence-electron chi connectivity index (χ0n) is 14.4. The minimum Gasteiger partial charge on any atom is -0.467 e. The summed E-state index contributed by atoms with van der Waals surface area (Å²) in [6, 6.07) is 9.61. The van der Waals surface area contributed by atoms with Gasteiger partial charge in [-0.2, -0.15) is 0 Å². The van der Waals surface area contributed by atoms with E-state index in [0.29, 0.717) is 11.7 Å². The van der Waals surface area contributed by atoms with Crippen molar-refractivity contribution in [2.24, 2.45) is 0 Å². The van der Waals surface area contributed by atoms with Gasteiger partial charge in [0, 0.05) is 7.05 Å². The van der Waals surface area contributed by atoms with E-state index in [4.69, 9.17) is 4.42 Å². The summed E-state index contributed by atoms with van der Waals surface area (Å²) in [6.45, 7) is 2.30. The molecule has 0 aliphatic rings. The van der Waals surface area contributed by atoms with Crippen molar-refractivity contribution in [1.82, 2.24) is 25.1 Å². The smallest absolute Gasteiger partial charge is 0.233 e. The van der Waals surface area contributed by atoms with Gasteiger partial charge in [0.05, 0.1) is 18.1 Å². The monoisotopic (exact) mass is 375 g/mol. The van der Waals surface area contributed by atoms with E-state index < -0.39 is 0 Å². The molecule has 0 saturated heterocycles. The van der Waals surface area contributed by atoms with Crippen molar-refractivity contribution in [3.63, 3.8) is 0 Å². The number of nitrogens with zero attached hydrogens (tertiary/aromatic N) is 5. The quantitative estimate of drug-likeness (QED) is 0.591. The number of halogens is 1. The lowest BCUT2D eigenvalue weighted by Gasteiger charge is -2.25. The van der Waals surface area contributed by atoms with Gasteiger partial charge in [0.2, 0.25) is 11.1 Å². The third kappa shape index (κ3) is 4.29. The zero-order valence-corrected chi connectivity index (χ0v) is 15.2. The molecular weight excluding hydrogens is 357 g/mol. The molecule has 0 radical (unpaired) electrons. The molecule has 1 atom stereocenters. The Hall–Kier alpha value is -2.68. The normalized spacial score (nSPS) is 12.1. The summed E-state index contributed by atoms with van der Waals surface area (Å²) in [5.41, 5.74) is 0.870. The summed E-state index contributed by atoms with van der Waals surface area (Å²) in [5.74, 6) is 0.557. The molecule has 0 N–H and O–H groups in total. The molecule has 1 amide bonds. The number of rotatable bonds is 7. The van der Waals surface area contributed by atoms with Crippen LogP contribution in [0.4, 0.5) is 4.39 Å². The molecule has 136 valence electrons. The van der Waals surface area contributed by atoms with Gasteiger partial charge in [0.15, 0.2) is 0 Å². The van der Waals surface area contributed by atoms with Crippen LogP contribution >= 0.6 is 11.8 Å². The Bertz CT molecular complexity index is 850. The fraction of sp³-hybridized carbons (Fsp3) is 0.294. The zero-order chi connectivity index (χ0) is 18.5. The molecule has 1 aromatic carbocycles. The largest absolute Gasteiger partial charge is 0.467 e. The van der Waals surface area contributed by atoms with Gasteiger partial charge in [-0.1, -0.05) is 23.9 Å². The molecule has 2 heterocycles. The van der Waals surface area contributed by atoms with Crippen LogP contribution in [-0.4, -0.2) is 43.8 Å². The van der Waals surface area contributed by atoms with Gasteiger partial charge in [-0.05, 0) is 47.2 Å². The van der Waals surface area contributed by atoms with Crippen LogP contribution in [0.1, 0.15) is 24.3 Å². The third-order valence-electron chi connectivity index (χ3n) is 4.04. The predicted molar refractivity (Wildman–Crippen MR) is 93.9 cm³/mol. The van der Waals surface area contributed by atoms with E-state index >= 15 is 0 Å². The van der Waals surface area contributed by atoms with Crippen LogP contribution in [0.2, 0.25) is 0 Å². The average Bonchev–Trinajstić information content (AvgIpc) is 3.31. The molecule has 0 spiro atoms. The second kappa shape index (κ2) is 8.13. The molecule has 26 heavy (non-hydrogen) atoms. The standard InChI is InChI=1S/C17H18FN5O2S/c1-12(13-5-7-14(18)8-6-13)22(2)16(24)11-26-17-19-20-21-23(17)10-15-4-3-9-25-15/h3-9,12H,10-11H2,1-2H3. The van der Waals surface area contributed by atoms with Crippen molar-refractivity contribution >= 4 is 17.7 Å². The van der Waals surface area contributed by atoms with Crippen LogP contribution < -0.4 is 0 Å². The van der Waals surface area contributed by atoms with Crippen LogP contribution in [0.25, 0.3) is 0 Å². The second-order valence-corrected chi connectivity index (χ2v) is 6.66. The van der Waals surface area contributed by atoms with Crippen LogP contribution in [0.5, 0.6) is 0 Å². The first-order valence-electron chi connectivity index (χ1n) is 7.97. The van der Waals surface area contributed by atoms with Gasteiger partial charge in [-0.25, -0.2) is 9.07 Å². The molecule has 0 saturated carbocycles. The Labute approximate surface area is 154 Å². The van der Waals surface area contributed by atoms with E-state index in [2.05, 4.69) is 15.5 Å². The van der Waals surface area contributed by atoms with E-state index in [0.717, 1.165) is 11.3 Å². The average molecular weight is 375 g/mol. The van der Waals surface area contributed by atoms with Gasteiger partial charge < -0.3 is 9.32 Å². The first kappa shape index (κ1) is 18.1. The molecule has 0 aliphatic carbocycles. The fourth-order valence-electron chi connectivity index (χ4n) is 2.36. The van der Waals surface area contributed by atoms with Gasteiger partial charge in [0.25, 0.3) is 0 Å². The second-order valence-electron chi connectivity index (χ2n) is 5.72. The van der Waals surface area contributed by atoms with E-state index in [1.54, 1.807) is 41.1 Å². The van der Waals surface area contributed by atoms with Crippen molar-refractivity contribution in [3.05, 3.63) is 59.8 Å². The van der Waals surface area contributed by atoms with Gasteiger partial charge in [0.1, 0.15) is 18.1 Å². The Balaban J connectivity index is 1.58. The minimum absolute atomic E-state index is 0.0700. The number of hydrogen-bond acceptors (Lipinski definition) is 6. The highest BCUT2D eigenvalue weighted by molar-refractivity contribution is 7.99. The summed E-state index contributed by atoms with van der Waals surface area (Å²) >= 11 is 1.26. The van der Waals surface area contributed by atoms with Crippen molar-refractivity contribution in [2.75, 3.05) is 12.8 Å². The lowest BCUT2D eigenvalue weighted by Crippen LogP contribution is -2.31. The predicted octanol–water partition coefficient (Wildman–Crippen LogP) is 2.77. The number of aromatic nitrogens is 4. The van der Waals surface area contributed by atoms with Gasteiger partial charge in [-0.3, -0.25) is 4.79 Å². The van der Waals surface area contributed by atoms with E-state index in [1.807, 2.05) is 13.0 Å². The topological polar surface area (TPSA) is 77.1 Å². The summed E-state index contributed by atoms with van der Waals surface area (Å²) < 4.78 is 19.9. The molecule has 1 unspecified atom stereocenters. The van der Waals surface area contributed by atoms with Crippen LogP contribution in [-0.2, 0) is 11.3 Å². The Kier molecular flexibility index (Phi) is 5.67. The van der Waals surface area contributed by atoms with Crippen LogP contribution in [0, 0.1) is 5.82 Å². The molecule has 9 heteroatoms. The highest BCUT2D eigenvalue weighted by atomic mass is 32.2. The molecule has 0 aliphatic heterocycles. The number of carbonyl (C=O) groups excluding carboxylic acids is 1. The maximum absolute atomic E-state index is 13.0. The number of furan rings is 1. The fourth-order valence-corrected chi connectivity index (χ4v) is 3.16. The summed E-state index contributed by atoms with van der Waals surface area (Å²) in [5, 5.41) is 12.1. The van der Waals surface area contributed by atoms with Crippen LogP contribution in [0.3, 0.4) is 0 Å². The highest BCUT2D eigenvalue weighted by Crippen LogP contribution is 2.22. The van der Waals surface area contributed by atoms with E-state index in [1.165, 1.54) is 23.9 Å². The molecular formula is C17H18FN5O2S. The summed E-state index contributed by atoms with van der Waals surface area (Å²) in [7, 11) is 1.72. The van der Waals surface area contributed by atoms with Crippen molar-refractivity contribution in [2.45, 2.75) is 24.7 Å². The van der Waals surface area contributed by atoms with E-state index in [-0.39, 0.29) is 23.5 Å². The number of amides is 1. The number of benzene rings is 1. The lowest BCUT2D eigenvalue weighted by atomic mass is 10.1. The number of carbonyl (C=O) groups is 1. The third-order valence-corrected chi connectivity index (χ3v) is 4.98. The van der Waals surface area contributed by atoms with Gasteiger partial charge in [-0.15, -0.1) is 5.10 Å².